The number of nitrogens with zero attached hydrogens (tertiary/aromatic N) is 1. The van der Waals surface area contributed by atoms with Gasteiger partial charge in [0, 0.05) is 13.0 Å². The third-order valence-electron chi connectivity index (χ3n) is 5.23. The molecule has 1 atom stereocenters. The fourth-order valence-corrected chi connectivity index (χ4v) is 5.20. The number of hydrogen-bond acceptors (Lipinski definition) is 6. The molecular formula is C22H26N2O6S. The molecule has 1 N–H and O–H groups in total. The van der Waals surface area contributed by atoms with Crippen LogP contribution in [0, 0.1) is 0 Å². The second-order valence-corrected chi connectivity index (χ2v) is 8.96. The monoisotopic (exact) mass is 446 g/mol. The Bertz CT molecular complexity index is 1080. The Hall–Kier alpha value is -3.07. The molecule has 1 aliphatic heterocycles. The van der Waals surface area contributed by atoms with E-state index < -0.39 is 15.9 Å². The van der Waals surface area contributed by atoms with Gasteiger partial charge in [0.15, 0.2) is 11.5 Å². The number of methoxy groups -OCH3 is 2. The van der Waals surface area contributed by atoms with E-state index in [1.165, 1.54) is 12.1 Å². The Kier molecular flexibility index (Phi) is 6.84. The molecule has 0 spiro atoms. The second-order valence-electron chi connectivity index (χ2n) is 7.12. The van der Waals surface area contributed by atoms with Crippen molar-refractivity contribution in [3.63, 3.8) is 0 Å². The van der Waals surface area contributed by atoms with Crippen LogP contribution in [-0.4, -0.2) is 45.3 Å². The molecule has 0 bridgehead atoms. The van der Waals surface area contributed by atoms with E-state index in [0.717, 1.165) is 9.87 Å². The summed E-state index contributed by atoms with van der Waals surface area (Å²) in [5.41, 5.74) is 1.05. The molecule has 9 heteroatoms. The highest BCUT2D eigenvalue weighted by molar-refractivity contribution is 7.90. The van der Waals surface area contributed by atoms with E-state index >= 15 is 0 Å². The third-order valence-corrected chi connectivity index (χ3v) is 7.07. The predicted molar refractivity (Wildman–Crippen MR) is 115 cm³/mol. The van der Waals surface area contributed by atoms with E-state index in [0.29, 0.717) is 17.9 Å². The van der Waals surface area contributed by atoms with Crippen LogP contribution in [0.2, 0.25) is 0 Å². The van der Waals surface area contributed by atoms with Crippen LogP contribution in [0.15, 0.2) is 47.4 Å². The molecule has 31 heavy (non-hydrogen) atoms. The summed E-state index contributed by atoms with van der Waals surface area (Å²) in [6.07, 6.45) is 0.988. The Morgan fingerprint density at radius 3 is 2.45 bits per heavy atom. The van der Waals surface area contributed by atoms with Gasteiger partial charge in [-0.05, 0) is 42.7 Å². The molecule has 0 radical (unpaired) electrons. The average molecular weight is 447 g/mol. The Morgan fingerprint density at radius 2 is 1.81 bits per heavy atom. The SMILES string of the molecule is CC[C@@H](NC(=O)CCCN1C(=O)c2ccccc2S1(=O)=O)c1ccc(OC)c(OC)c1. The van der Waals surface area contributed by atoms with Crippen molar-refractivity contribution in [3.05, 3.63) is 53.6 Å². The number of hydrogen-bond donors (Lipinski definition) is 1. The molecule has 3 rings (SSSR count). The Labute approximate surface area is 182 Å². The van der Waals surface area contributed by atoms with Crippen LogP contribution < -0.4 is 14.8 Å². The van der Waals surface area contributed by atoms with Gasteiger partial charge in [0.05, 0.1) is 25.8 Å². The number of amides is 2. The number of benzene rings is 2. The number of nitrogens with one attached hydrogen (secondary N) is 1. The predicted octanol–water partition coefficient (Wildman–Crippen LogP) is 2.90. The zero-order chi connectivity index (χ0) is 22.6. The summed E-state index contributed by atoms with van der Waals surface area (Å²) < 4.78 is 36.6. The van der Waals surface area contributed by atoms with Crippen molar-refractivity contribution in [3.8, 4) is 11.5 Å². The van der Waals surface area contributed by atoms with E-state index in [-0.39, 0.29) is 41.8 Å². The van der Waals surface area contributed by atoms with Crippen molar-refractivity contribution in [1.82, 2.24) is 9.62 Å². The maximum atomic E-state index is 12.6. The minimum atomic E-state index is -3.85. The lowest BCUT2D eigenvalue weighted by Crippen LogP contribution is -2.33. The number of ether oxygens (including phenoxy) is 2. The third kappa shape index (κ3) is 4.51. The molecule has 1 aliphatic rings. The Morgan fingerprint density at radius 1 is 1.10 bits per heavy atom. The number of fused-ring (bicyclic) bond motifs is 1. The van der Waals surface area contributed by atoms with Crippen LogP contribution in [0.3, 0.4) is 0 Å². The smallest absolute Gasteiger partial charge is 0.269 e. The Balaban J connectivity index is 1.60. The van der Waals surface area contributed by atoms with E-state index in [2.05, 4.69) is 5.32 Å². The minimum absolute atomic E-state index is 0.0175. The lowest BCUT2D eigenvalue weighted by Gasteiger charge is -2.20. The van der Waals surface area contributed by atoms with Crippen molar-refractivity contribution in [1.29, 1.82) is 0 Å². The average Bonchev–Trinajstić information content (AvgIpc) is 2.97. The van der Waals surface area contributed by atoms with E-state index in [9.17, 15) is 18.0 Å². The molecule has 0 fully saturated rings. The quantitative estimate of drug-likeness (QED) is 0.636. The van der Waals surface area contributed by atoms with Gasteiger partial charge in [0.1, 0.15) is 4.90 Å². The molecule has 0 saturated carbocycles. The summed E-state index contributed by atoms with van der Waals surface area (Å²) in [6, 6.07) is 11.4. The molecule has 2 aromatic rings. The van der Waals surface area contributed by atoms with E-state index in [1.54, 1.807) is 32.4 Å². The fourth-order valence-electron chi connectivity index (χ4n) is 3.59. The van der Waals surface area contributed by atoms with Crippen molar-refractivity contribution < 1.29 is 27.5 Å². The molecule has 0 aromatic heterocycles. The maximum absolute atomic E-state index is 12.6. The molecule has 8 nitrogen and oxygen atoms in total. The standard InChI is InChI=1S/C22H26N2O6S/c1-4-17(15-11-12-18(29-2)19(14-15)30-3)23-21(25)10-7-13-24-22(26)16-8-5-6-9-20(16)31(24,27)28/h5-6,8-9,11-12,14,17H,4,7,10,13H2,1-3H3,(H,23,25)/t17-/m1/s1. The van der Waals surface area contributed by atoms with Gasteiger partial charge in [-0.25, -0.2) is 12.7 Å². The van der Waals surface area contributed by atoms with Crippen LogP contribution in [0.25, 0.3) is 0 Å². The summed E-state index contributed by atoms with van der Waals surface area (Å²) in [5.74, 6) is 0.408. The molecule has 166 valence electrons. The topological polar surface area (TPSA) is 102 Å². The van der Waals surface area contributed by atoms with Crippen molar-refractivity contribution in [2.45, 2.75) is 37.1 Å². The largest absolute Gasteiger partial charge is 0.493 e. The highest BCUT2D eigenvalue weighted by Crippen LogP contribution is 2.31. The van der Waals surface area contributed by atoms with Crippen molar-refractivity contribution in [2.24, 2.45) is 0 Å². The number of carbonyl (C=O) groups excluding carboxylic acids is 2. The maximum Gasteiger partial charge on any atom is 0.269 e. The first kappa shape index (κ1) is 22.6. The lowest BCUT2D eigenvalue weighted by molar-refractivity contribution is -0.122. The molecule has 0 aliphatic carbocycles. The van der Waals surface area contributed by atoms with Crippen LogP contribution in [0.4, 0.5) is 0 Å². The summed E-state index contributed by atoms with van der Waals surface area (Å²) >= 11 is 0. The number of carbonyl (C=O) groups is 2. The first-order valence-corrected chi connectivity index (χ1v) is 11.4. The number of sulfonamides is 1. The molecule has 2 amide bonds. The van der Waals surface area contributed by atoms with Gasteiger partial charge in [-0.1, -0.05) is 25.1 Å². The van der Waals surface area contributed by atoms with Gasteiger partial charge in [-0.2, -0.15) is 0 Å². The summed E-state index contributed by atoms with van der Waals surface area (Å²) in [7, 11) is -0.747. The zero-order valence-corrected chi connectivity index (χ0v) is 18.6. The highest BCUT2D eigenvalue weighted by atomic mass is 32.2. The van der Waals surface area contributed by atoms with Crippen LogP contribution in [0.5, 0.6) is 11.5 Å². The summed E-state index contributed by atoms with van der Waals surface area (Å²) in [6.45, 7) is 1.91. The molecule has 2 aromatic carbocycles. The first-order chi connectivity index (χ1) is 14.8. The van der Waals surface area contributed by atoms with Gasteiger partial charge in [-0.3, -0.25) is 9.59 Å². The second kappa shape index (κ2) is 9.38. The summed E-state index contributed by atoms with van der Waals surface area (Å²) in [5, 5.41) is 2.96. The number of rotatable bonds is 9. The van der Waals surface area contributed by atoms with Crippen LogP contribution in [-0.2, 0) is 14.8 Å². The van der Waals surface area contributed by atoms with Gasteiger partial charge in [0.2, 0.25) is 5.91 Å². The highest BCUT2D eigenvalue weighted by Gasteiger charge is 2.40. The minimum Gasteiger partial charge on any atom is -0.493 e. The normalized spacial score (nSPS) is 15.3. The summed E-state index contributed by atoms with van der Waals surface area (Å²) in [4.78, 5) is 24.9. The van der Waals surface area contributed by atoms with Gasteiger partial charge < -0.3 is 14.8 Å². The van der Waals surface area contributed by atoms with Gasteiger partial charge in [-0.15, -0.1) is 0 Å². The van der Waals surface area contributed by atoms with Gasteiger partial charge in [0.25, 0.3) is 15.9 Å². The lowest BCUT2D eigenvalue weighted by atomic mass is 10.0. The molecule has 0 saturated heterocycles. The molecular weight excluding hydrogens is 420 g/mol. The van der Waals surface area contributed by atoms with Crippen molar-refractivity contribution in [2.75, 3.05) is 20.8 Å². The fraction of sp³-hybridized carbons (Fsp3) is 0.364. The van der Waals surface area contributed by atoms with Crippen LogP contribution in [0.1, 0.15) is 48.1 Å². The van der Waals surface area contributed by atoms with Crippen molar-refractivity contribution >= 4 is 21.8 Å². The first-order valence-electron chi connectivity index (χ1n) is 10.0. The van der Waals surface area contributed by atoms with E-state index in [1.807, 2.05) is 19.1 Å². The molecule has 0 unspecified atom stereocenters. The molecule has 1 heterocycles. The zero-order valence-electron chi connectivity index (χ0n) is 17.8. The van der Waals surface area contributed by atoms with E-state index in [4.69, 9.17) is 9.47 Å². The van der Waals surface area contributed by atoms with Gasteiger partial charge >= 0.3 is 0 Å². The van der Waals surface area contributed by atoms with Crippen LogP contribution >= 0.6 is 0 Å².